The highest BCUT2D eigenvalue weighted by Gasteiger charge is 2.56. The van der Waals surface area contributed by atoms with Gasteiger partial charge in [-0.25, -0.2) is 8.78 Å². The maximum absolute atomic E-state index is 12.5. The molecule has 2 atom stereocenters. The Kier molecular flexibility index (Phi) is 2.51. The Bertz CT molecular complexity index is 180. The van der Waals surface area contributed by atoms with Crippen LogP contribution in [0.25, 0.3) is 0 Å². The lowest BCUT2D eigenvalue weighted by molar-refractivity contribution is 0.00537. The van der Waals surface area contributed by atoms with Crippen molar-refractivity contribution in [2.24, 2.45) is 5.92 Å². The van der Waals surface area contributed by atoms with Crippen LogP contribution < -0.4 is 5.32 Å². The fourth-order valence-corrected chi connectivity index (χ4v) is 1.66. The van der Waals surface area contributed by atoms with Crippen molar-refractivity contribution in [3.05, 3.63) is 0 Å². The molecule has 76 valence electrons. The fourth-order valence-electron chi connectivity index (χ4n) is 1.66. The molecule has 0 aromatic carbocycles. The number of hydrogen-bond acceptors (Lipinski definition) is 2. The highest BCUT2D eigenvalue weighted by molar-refractivity contribution is 4.94. The van der Waals surface area contributed by atoms with E-state index in [9.17, 15) is 8.78 Å². The summed E-state index contributed by atoms with van der Waals surface area (Å²) in [5, 5.41) is 3.19. The van der Waals surface area contributed by atoms with Gasteiger partial charge in [-0.2, -0.15) is 0 Å². The highest BCUT2D eigenvalue weighted by Crippen LogP contribution is 2.48. The summed E-state index contributed by atoms with van der Waals surface area (Å²) in [6.45, 7) is 2.08. The summed E-state index contributed by atoms with van der Waals surface area (Å²) in [6, 6.07) is 0. The number of ether oxygens (including phenoxy) is 1. The predicted octanol–water partition coefficient (Wildman–Crippen LogP) is 1.41. The van der Waals surface area contributed by atoms with Crippen LogP contribution in [0.4, 0.5) is 8.78 Å². The third-order valence-electron chi connectivity index (χ3n) is 2.74. The van der Waals surface area contributed by atoms with Crippen molar-refractivity contribution in [1.82, 2.24) is 5.32 Å². The fraction of sp³-hybridized carbons (Fsp3) is 1.00. The van der Waals surface area contributed by atoms with Gasteiger partial charge in [0.15, 0.2) is 0 Å². The highest BCUT2D eigenvalue weighted by atomic mass is 19.3. The summed E-state index contributed by atoms with van der Waals surface area (Å²) < 4.78 is 30.3. The maximum Gasteiger partial charge on any atom is 0.253 e. The van der Waals surface area contributed by atoms with Crippen LogP contribution >= 0.6 is 0 Å². The molecule has 0 aromatic rings. The smallest absolute Gasteiger partial charge is 0.253 e. The lowest BCUT2D eigenvalue weighted by Gasteiger charge is -2.22. The van der Waals surface area contributed by atoms with E-state index < -0.39 is 11.8 Å². The second kappa shape index (κ2) is 3.50. The van der Waals surface area contributed by atoms with E-state index in [2.05, 4.69) is 5.32 Å². The molecule has 1 heterocycles. The second-order valence-electron chi connectivity index (χ2n) is 3.96. The molecule has 13 heavy (non-hydrogen) atoms. The number of alkyl halides is 2. The minimum atomic E-state index is -2.43. The van der Waals surface area contributed by atoms with Crippen molar-refractivity contribution in [1.29, 1.82) is 0 Å². The van der Waals surface area contributed by atoms with Crippen molar-refractivity contribution < 1.29 is 13.5 Å². The molecule has 1 N–H and O–H groups in total. The predicted molar refractivity (Wildman–Crippen MR) is 44.9 cm³/mol. The minimum absolute atomic E-state index is 0.0210. The largest absolute Gasteiger partial charge is 0.376 e. The Morgan fingerprint density at radius 3 is 2.77 bits per heavy atom. The maximum atomic E-state index is 12.5. The molecular formula is C9H15F2NO. The van der Waals surface area contributed by atoms with Crippen molar-refractivity contribution in [2.45, 2.75) is 31.3 Å². The molecule has 2 unspecified atom stereocenters. The monoisotopic (exact) mass is 191 g/mol. The van der Waals surface area contributed by atoms with Gasteiger partial charge in [0.1, 0.15) is 0 Å². The van der Waals surface area contributed by atoms with Crippen molar-refractivity contribution in [3.8, 4) is 0 Å². The van der Waals surface area contributed by atoms with E-state index in [1.807, 2.05) is 0 Å². The summed E-state index contributed by atoms with van der Waals surface area (Å²) in [5.74, 6) is -2.93. The van der Waals surface area contributed by atoms with Gasteiger partial charge in [-0.05, 0) is 19.4 Å². The first kappa shape index (κ1) is 9.34. The number of halogens is 2. The zero-order valence-corrected chi connectivity index (χ0v) is 7.56. The molecule has 0 radical (unpaired) electrons. The molecule has 0 amide bonds. The average Bonchev–Trinajstić information content (AvgIpc) is 2.73. The van der Waals surface area contributed by atoms with Gasteiger partial charge in [-0.15, -0.1) is 0 Å². The van der Waals surface area contributed by atoms with E-state index in [-0.39, 0.29) is 19.1 Å². The standard InChI is InChI=1S/C9H15F2NO/c10-9(11)4-7(9)6-13-8-2-1-3-12-5-8/h7-8,12H,1-6H2. The molecule has 1 saturated carbocycles. The van der Waals surface area contributed by atoms with Gasteiger partial charge >= 0.3 is 0 Å². The molecule has 0 aromatic heterocycles. The zero-order valence-electron chi connectivity index (χ0n) is 7.56. The number of piperidine rings is 1. The molecule has 2 nitrogen and oxygen atoms in total. The molecular weight excluding hydrogens is 176 g/mol. The topological polar surface area (TPSA) is 21.3 Å². The second-order valence-corrected chi connectivity index (χ2v) is 3.96. The van der Waals surface area contributed by atoms with Crippen LogP contribution in [0.15, 0.2) is 0 Å². The van der Waals surface area contributed by atoms with Crippen molar-refractivity contribution in [2.75, 3.05) is 19.7 Å². The minimum Gasteiger partial charge on any atom is -0.376 e. The van der Waals surface area contributed by atoms with E-state index in [1.165, 1.54) is 0 Å². The summed E-state index contributed by atoms with van der Waals surface area (Å²) >= 11 is 0. The number of hydrogen-bond donors (Lipinski definition) is 1. The average molecular weight is 191 g/mol. The van der Waals surface area contributed by atoms with Crippen LogP contribution in [0.5, 0.6) is 0 Å². The summed E-state index contributed by atoms with van der Waals surface area (Å²) in [5.41, 5.74) is 0. The third kappa shape index (κ3) is 2.38. The normalized spacial score (nSPS) is 37.4. The third-order valence-corrected chi connectivity index (χ3v) is 2.74. The quantitative estimate of drug-likeness (QED) is 0.728. The Hall–Kier alpha value is -0.220. The molecule has 2 fully saturated rings. The lowest BCUT2D eigenvalue weighted by atomic mass is 10.1. The van der Waals surface area contributed by atoms with Gasteiger partial charge in [0.25, 0.3) is 5.92 Å². The Balaban J connectivity index is 1.62. The first-order valence-electron chi connectivity index (χ1n) is 4.88. The van der Waals surface area contributed by atoms with E-state index >= 15 is 0 Å². The van der Waals surface area contributed by atoms with Crippen LogP contribution in [0.2, 0.25) is 0 Å². The molecule has 2 rings (SSSR count). The molecule has 2 aliphatic rings. The number of rotatable bonds is 3. The molecule has 0 bridgehead atoms. The Morgan fingerprint density at radius 2 is 2.23 bits per heavy atom. The first-order chi connectivity index (χ1) is 6.18. The molecule has 1 aliphatic heterocycles. The van der Waals surface area contributed by atoms with Crippen molar-refractivity contribution in [3.63, 3.8) is 0 Å². The van der Waals surface area contributed by atoms with E-state index in [1.54, 1.807) is 0 Å². The summed E-state index contributed by atoms with van der Waals surface area (Å²) in [4.78, 5) is 0. The number of nitrogens with one attached hydrogen (secondary N) is 1. The molecule has 1 saturated heterocycles. The van der Waals surface area contributed by atoms with Gasteiger partial charge in [0.2, 0.25) is 0 Å². The van der Waals surface area contributed by atoms with E-state index in [0.717, 1.165) is 25.9 Å². The van der Waals surface area contributed by atoms with Gasteiger partial charge in [-0.1, -0.05) is 0 Å². The van der Waals surface area contributed by atoms with Crippen LogP contribution in [0.3, 0.4) is 0 Å². The van der Waals surface area contributed by atoms with Gasteiger partial charge in [0.05, 0.1) is 18.6 Å². The van der Waals surface area contributed by atoms with Crippen LogP contribution in [0, 0.1) is 5.92 Å². The van der Waals surface area contributed by atoms with Crippen LogP contribution in [0.1, 0.15) is 19.3 Å². The Labute approximate surface area is 76.6 Å². The molecule has 1 aliphatic carbocycles. The van der Waals surface area contributed by atoms with Crippen molar-refractivity contribution >= 4 is 0 Å². The van der Waals surface area contributed by atoms with Gasteiger partial charge in [-0.3, -0.25) is 0 Å². The van der Waals surface area contributed by atoms with E-state index in [4.69, 9.17) is 4.74 Å². The molecule has 4 heteroatoms. The van der Waals surface area contributed by atoms with Crippen LogP contribution in [-0.2, 0) is 4.74 Å². The summed E-state index contributed by atoms with van der Waals surface area (Å²) in [7, 11) is 0. The lowest BCUT2D eigenvalue weighted by Crippen LogP contribution is -2.35. The Morgan fingerprint density at radius 1 is 1.46 bits per heavy atom. The van der Waals surface area contributed by atoms with E-state index in [0.29, 0.717) is 0 Å². The van der Waals surface area contributed by atoms with Crippen LogP contribution in [-0.4, -0.2) is 31.7 Å². The van der Waals surface area contributed by atoms with Gasteiger partial charge in [0, 0.05) is 13.0 Å². The first-order valence-corrected chi connectivity index (χ1v) is 4.88. The SMILES string of the molecule is FC1(F)CC1COC1CCCNC1. The zero-order chi connectivity index (χ0) is 9.31. The summed E-state index contributed by atoms with van der Waals surface area (Å²) in [6.07, 6.45) is 2.27. The van der Waals surface area contributed by atoms with Gasteiger partial charge < -0.3 is 10.1 Å². The molecule has 0 spiro atoms.